The van der Waals surface area contributed by atoms with E-state index in [1.807, 2.05) is 30.3 Å². The number of nitrogens with one attached hydrogen (secondary N) is 1. The van der Waals surface area contributed by atoms with Gasteiger partial charge in [0, 0.05) is 12.1 Å². The summed E-state index contributed by atoms with van der Waals surface area (Å²) >= 11 is 11.6. The topological polar surface area (TPSA) is 42.0 Å². The number of carbonyl (C=O) groups excluding carboxylic acids is 1. The second-order valence-corrected chi connectivity index (χ2v) is 5.30. The normalized spacial score (nSPS) is 11.9. The van der Waals surface area contributed by atoms with Gasteiger partial charge in [-0.05, 0) is 23.6 Å². The number of aromatic nitrogens is 1. The zero-order valence-electron chi connectivity index (χ0n) is 10.9. The second-order valence-electron chi connectivity index (χ2n) is 4.52. The standard InChI is InChI=1S/C15H14Cl2N2O/c1-10(11-5-3-2-4-6-11)9-18-15(20)12-7-13(16)19-14(17)8-12/h2-8,10H,9H2,1H3,(H,18,20)/t10-/m0/s1. The molecule has 1 heterocycles. The molecule has 104 valence electrons. The first-order valence-electron chi connectivity index (χ1n) is 6.22. The van der Waals surface area contributed by atoms with Crippen LogP contribution in [0.15, 0.2) is 42.5 Å². The van der Waals surface area contributed by atoms with E-state index < -0.39 is 0 Å². The van der Waals surface area contributed by atoms with Crippen LogP contribution in [0.2, 0.25) is 10.3 Å². The Balaban J connectivity index is 1.98. The van der Waals surface area contributed by atoms with E-state index in [1.165, 1.54) is 17.7 Å². The Hall–Kier alpha value is -1.58. The van der Waals surface area contributed by atoms with Gasteiger partial charge in [0.25, 0.3) is 5.91 Å². The molecule has 3 nitrogen and oxygen atoms in total. The highest BCUT2D eigenvalue weighted by atomic mass is 35.5. The molecule has 2 aromatic rings. The SMILES string of the molecule is C[C@@H](CNC(=O)c1cc(Cl)nc(Cl)c1)c1ccccc1. The molecule has 1 N–H and O–H groups in total. The van der Waals surface area contributed by atoms with Crippen molar-refractivity contribution in [2.24, 2.45) is 0 Å². The van der Waals surface area contributed by atoms with Crippen LogP contribution in [0.3, 0.4) is 0 Å². The van der Waals surface area contributed by atoms with Gasteiger partial charge in [-0.2, -0.15) is 0 Å². The van der Waals surface area contributed by atoms with E-state index in [0.717, 1.165) is 0 Å². The lowest BCUT2D eigenvalue weighted by molar-refractivity contribution is 0.0951. The largest absolute Gasteiger partial charge is 0.351 e. The van der Waals surface area contributed by atoms with Gasteiger partial charge in [0.15, 0.2) is 0 Å². The molecule has 2 rings (SSSR count). The number of nitrogens with zero attached hydrogens (tertiary/aromatic N) is 1. The molecule has 0 saturated carbocycles. The molecule has 0 aliphatic heterocycles. The van der Waals surface area contributed by atoms with Crippen molar-refractivity contribution < 1.29 is 4.79 Å². The second kappa shape index (κ2) is 6.73. The molecule has 1 aromatic heterocycles. The molecule has 0 unspecified atom stereocenters. The number of benzene rings is 1. The minimum absolute atomic E-state index is 0.207. The Morgan fingerprint density at radius 1 is 1.20 bits per heavy atom. The monoisotopic (exact) mass is 308 g/mol. The predicted octanol–water partition coefficient (Wildman–Crippen LogP) is 3.92. The molecule has 0 aliphatic carbocycles. The van der Waals surface area contributed by atoms with Gasteiger partial charge in [0.2, 0.25) is 0 Å². The smallest absolute Gasteiger partial charge is 0.251 e. The molecule has 1 aromatic carbocycles. The molecule has 0 fully saturated rings. The number of rotatable bonds is 4. The van der Waals surface area contributed by atoms with E-state index in [0.29, 0.717) is 12.1 Å². The first-order chi connectivity index (χ1) is 9.56. The number of pyridine rings is 1. The van der Waals surface area contributed by atoms with Gasteiger partial charge in [0.05, 0.1) is 0 Å². The number of halogens is 2. The summed E-state index contributed by atoms with van der Waals surface area (Å²) in [5.74, 6) is 0.0203. The Kier molecular flexibility index (Phi) is 4.99. The maximum Gasteiger partial charge on any atom is 0.251 e. The van der Waals surface area contributed by atoms with E-state index in [2.05, 4.69) is 17.2 Å². The lowest BCUT2D eigenvalue weighted by Gasteiger charge is -2.13. The molecular weight excluding hydrogens is 295 g/mol. The average Bonchev–Trinajstić information content (AvgIpc) is 2.44. The van der Waals surface area contributed by atoms with Crippen LogP contribution in [0.1, 0.15) is 28.8 Å². The first-order valence-corrected chi connectivity index (χ1v) is 6.98. The van der Waals surface area contributed by atoms with E-state index in [4.69, 9.17) is 23.2 Å². The molecule has 1 amide bonds. The van der Waals surface area contributed by atoms with Crippen molar-refractivity contribution in [2.75, 3.05) is 6.54 Å². The highest BCUT2D eigenvalue weighted by molar-refractivity contribution is 6.33. The number of carbonyl (C=O) groups is 1. The van der Waals surface area contributed by atoms with Crippen molar-refractivity contribution in [3.63, 3.8) is 0 Å². The van der Waals surface area contributed by atoms with E-state index in [9.17, 15) is 4.79 Å². The zero-order valence-corrected chi connectivity index (χ0v) is 12.4. The zero-order chi connectivity index (χ0) is 14.5. The summed E-state index contributed by atoms with van der Waals surface area (Å²) in [6, 6.07) is 13.0. The van der Waals surface area contributed by atoms with Crippen LogP contribution in [-0.4, -0.2) is 17.4 Å². The third-order valence-corrected chi connectivity index (χ3v) is 3.35. The molecule has 1 atom stereocenters. The van der Waals surface area contributed by atoms with Crippen LogP contribution in [0, 0.1) is 0 Å². The predicted molar refractivity (Wildman–Crippen MR) is 81.4 cm³/mol. The minimum atomic E-state index is -0.209. The maximum absolute atomic E-state index is 12.0. The van der Waals surface area contributed by atoms with Crippen LogP contribution < -0.4 is 5.32 Å². The highest BCUT2D eigenvalue weighted by Gasteiger charge is 2.11. The molecule has 0 spiro atoms. The average molecular weight is 309 g/mol. The van der Waals surface area contributed by atoms with Crippen LogP contribution in [0.5, 0.6) is 0 Å². The van der Waals surface area contributed by atoms with Crippen molar-refractivity contribution in [3.8, 4) is 0 Å². The Morgan fingerprint density at radius 2 is 1.80 bits per heavy atom. The molecule has 0 radical (unpaired) electrons. The summed E-state index contributed by atoms with van der Waals surface area (Å²) in [4.78, 5) is 15.8. The summed E-state index contributed by atoms with van der Waals surface area (Å²) in [6.45, 7) is 2.60. The lowest BCUT2D eigenvalue weighted by atomic mass is 10.0. The van der Waals surface area contributed by atoms with Crippen molar-refractivity contribution >= 4 is 29.1 Å². The summed E-state index contributed by atoms with van der Waals surface area (Å²) in [5.41, 5.74) is 1.59. The number of amides is 1. The Labute approximate surface area is 127 Å². The Bertz CT molecular complexity index is 582. The van der Waals surface area contributed by atoms with Gasteiger partial charge in [-0.25, -0.2) is 4.98 Å². The molecule has 0 bridgehead atoms. The molecule has 0 saturated heterocycles. The Morgan fingerprint density at radius 3 is 2.40 bits per heavy atom. The minimum Gasteiger partial charge on any atom is -0.351 e. The van der Waals surface area contributed by atoms with Gasteiger partial charge in [-0.1, -0.05) is 60.5 Å². The van der Waals surface area contributed by atoms with Crippen molar-refractivity contribution in [2.45, 2.75) is 12.8 Å². The molecule has 20 heavy (non-hydrogen) atoms. The van der Waals surface area contributed by atoms with E-state index >= 15 is 0 Å². The van der Waals surface area contributed by atoms with Crippen molar-refractivity contribution in [1.29, 1.82) is 0 Å². The maximum atomic E-state index is 12.0. The van der Waals surface area contributed by atoms with Crippen molar-refractivity contribution in [1.82, 2.24) is 10.3 Å². The summed E-state index contributed by atoms with van der Waals surface area (Å²) in [7, 11) is 0. The van der Waals surface area contributed by atoms with Crippen LogP contribution in [0.4, 0.5) is 0 Å². The lowest BCUT2D eigenvalue weighted by Crippen LogP contribution is -2.27. The number of hydrogen-bond acceptors (Lipinski definition) is 2. The van der Waals surface area contributed by atoms with Gasteiger partial charge in [-0.3, -0.25) is 4.79 Å². The summed E-state index contributed by atoms with van der Waals surface area (Å²) in [5, 5.41) is 3.28. The fraction of sp³-hybridized carbons (Fsp3) is 0.200. The van der Waals surface area contributed by atoms with E-state index in [1.54, 1.807) is 0 Å². The molecule has 5 heteroatoms. The van der Waals surface area contributed by atoms with Crippen LogP contribution >= 0.6 is 23.2 Å². The third-order valence-electron chi connectivity index (χ3n) is 2.96. The molecule has 0 aliphatic rings. The fourth-order valence-corrected chi connectivity index (χ4v) is 2.30. The van der Waals surface area contributed by atoms with Crippen LogP contribution in [-0.2, 0) is 0 Å². The molecular formula is C15H14Cl2N2O. The van der Waals surface area contributed by atoms with Gasteiger partial charge in [-0.15, -0.1) is 0 Å². The highest BCUT2D eigenvalue weighted by Crippen LogP contribution is 2.16. The fourth-order valence-electron chi connectivity index (χ4n) is 1.84. The quantitative estimate of drug-likeness (QED) is 0.870. The first kappa shape index (κ1) is 14.8. The summed E-state index contributed by atoms with van der Waals surface area (Å²) < 4.78 is 0. The van der Waals surface area contributed by atoms with E-state index in [-0.39, 0.29) is 22.1 Å². The van der Waals surface area contributed by atoms with Gasteiger partial charge in [0.1, 0.15) is 10.3 Å². The van der Waals surface area contributed by atoms with Gasteiger partial charge >= 0.3 is 0 Å². The summed E-state index contributed by atoms with van der Waals surface area (Å²) in [6.07, 6.45) is 0. The van der Waals surface area contributed by atoms with Gasteiger partial charge < -0.3 is 5.32 Å². The van der Waals surface area contributed by atoms with Crippen molar-refractivity contribution in [3.05, 3.63) is 63.9 Å². The third kappa shape index (κ3) is 3.95. The van der Waals surface area contributed by atoms with Crippen LogP contribution in [0.25, 0.3) is 0 Å². The number of hydrogen-bond donors (Lipinski definition) is 1.